The molecule has 0 bridgehead atoms. The number of rotatable bonds is 3. The summed E-state index contributed by atoms with van der Waals surface area (Å²) in [6.45, 7) is -2.40. The SMILES string of the molecule is [2H]C1([2H])OC(=O)N([N+](=C)c2ccccc2[N+](=O)[O-])C1([2H])[2H]. The number of carbonyl (C=O) groups excluding carboxylic acids is 1. The van der Waals surface area contributed by atoms with E-state index in [1.807, 2.05) is 0 Å². The van der Waals surface area contributed by atoms with Gasteiger partial charge in [-0.2, -0.15) is 0 Å². The molecule has 1 aromatic carbocycles. The van der Waals surface area contributed by atoms with Crippen molar-refractivity contribution in [1.29, 1.82) is 0 Å². The number of hydrazone groups is 1. The second-order valence-corrected chi connectivity index (χ2v) is 3.04. The fourth-order valence-corrected chi connectivity index (χ4v) is 1.30. The van der Waals surface area contributed by atoms with Crippen molar-refractivity contribution in [2.75, 3.05) is 13.1 Å². The Bertz CT molecular complexity index is 649. The number of nitrogens with zero attached hydrogens (tertiary/aromatic N) is 3. The molecule has 0 N–H and O–H groups in total. The third-order valence-corrected chi connectivity index (χ3v) is 2.06. The van der Waals surface area contributed by atoms with E-state index in [-0.39, 0.29) is 10.7 Å². The van der Waals surface area contributed by atoms with Crippen LogP contribution in [0.1, 0.15) is 5.48 Å². The molecule has 1 fully saturated rings. The van der Waals surface area contributed by atoms with Gasteiger partial charge in [0.15, 0.2) is 6.72 Å². The largest absolute Gasteiger partial charge is 0.463 e. The molecule has 0 aromatic heterocycles. The van der Waals surface area contributed by atoms with E-state index in [2.05, 4.69) is 11.5 Å². The minimum Gasteiger partial charge on any atom is -0.444 e. The summed E-state index contributed by atoms with van der Waals surface area (Å²) in [6.07, 6.45) is -1.34. The number of amides is 1. The third kappa shape index (κ3) is 1.94. The van der Waals surface area contributed by atoms with Gasteiger partial charge >= 0.3 is 17.5 Å². The summed E-state index contributed by atoms with van der Waals surface area (Å²) < 4.78 is 35.0. The van der Waals surface area contributed by atoms with Crippen molar-refractivity contribution in [3.05, 3.63) is 34.4 Å². The summed E-state index contributed by atoms with van der Waals surface area (Å²) >= 11 is 0. The van der Waals surface area contributed by atoms with Crippen LogP contribution in [-0.2, 0) is 4.74 Å². The highest BCUT2D eigenvalue weighted by Crippen LogP contribution is 2.27. The monoisotopic (exact) mass is 240 g/mol. The zero-order chi connectivity index (χ0) is 16.0. The van der Waals surface area contributed by atoms with Gasteiger partial charge in [0, 0.05) is 12.1 Å². The molecule has 1 heterocycles. The lowest BCUT2D eigenvalue weighted by Crippen LogP contribution is -2.32. The molecule has 0 spiro atoms. The topological polar surface area (TPSA) is 75.7 Å². The molecule has 2 rings (SSSR count). The molecule has 0 radical (unpaired) electrons. The molecule has 1 aliphatic heterocycles. The first kappa shape index (κ1) is 7.00. The number of hydrogen-bond acceptors (Lipinski definition) is 4. The van der Waals surface area contributed by atoms with Gasteiger partial charge in [-0.3, -0.25) is 10.1 Å². The highest BCUT2D eigenvalue weighted by molar-refractivity contribution is 5.68. The number of hydrogen-bond donors (Lipinski definition) is 0. The fourth-order valence-electron chi connectivity index (χ4n) is 1.30. The highest BCUT2D eigenvalue weighted by atomic mass is 16.6. The quantitative estimate of drug-likeness (QED) is 0.345. The van der Waals surface area contributed by atoms with Crippen LogP contribution in [0, 0.1) is 10.1 Å². The molecule has 17 heavy (non-hydrogen) atoms. The van der Waals surface area contributed by atoms with Crippen molar-refractivity contribution in [2.45, 2.75) is 0 Å². The van der Waals surface area contributed by atoms with Gasteiger partial charge in [0.25, 0.3) is 0 Å². The second kappa shape index (κ2) is 4.20. The van der Waals surface area contributed by atoms with E-state index in [4.69, 9.17) is 5.48 Å². The third-order valence-electron chi connectivity index (χ3n) is 2.06. The van der Waals surface area contributed by atoms with Crippen molar-refractivity contribution >= 4 is 24.2 Å². The lowest BCUT2D eigenvalue weighted by Gasteiger charge is -2.07. The number of hydrazine groups is 1. The maximum Gasteiger partial charge on any atom is 0.463 e. The predicted octanol–water partition coefficient (Wildman–Crippen LogP) is 1.31. The Labute approximate surface area is 102 Å². The summed E-state index contributed by atoms with van der Waals surface area (Å²) in [5, 5.41) is 11.2. The lowest BCUT2D eigenvalue weighted by molar-refractivity contribution is -0.593. The minimum absolute atomic E-state index is 0.180. The van der Waals surface area contributed by atoms with Crippen LogP contribution in [0.4, 0.5) is 16.2 Å². The van der Waals surface area contributed by atoms with Gasteiger partial charge < -0.3 is 4.74 Å². The number of benzene rings is 1. The number of carbonyl (C=O) groups is 1. The van der Waals surface area contributed by atoms with Crippen molar-refractivity contribution in [2.24, 2.45) is 0 Å². The molecule has 7 nitrogen and oxygen atoms in total. The van der Waals surface area contributed by atoms with Crippen LogP contribution in [-0.4, -0.2) is 40.5 Å². The van der Waals surface area contributed by atoms with Crippen molar-refractivity contribution in [1.82, 2.24) is 5.01 Å². The first-order valence-electron chi connectivity index (χ1n) is 6.47. The van der Waals surface area contributed by atoms with Gasteiger partial charge in [-0.05, 0) is 0 Å². The summed E-state index contributed by atoms with van der Waals surface area (Å²) in [5.74, 6) is 0. The van der Waals surface area contributed by atoms with Crippen molar-refractivity contribution in [3.8, 4) is 0 Å². The number of nitro benzene ring substituents is 1. The first-order chi connectivity index (χ1) is 9.59. The van der Waals surface area contributed by atoms with Gasteiger partial charge in [-0.25, -0.2) is 4.79 Å². The maximum atomic E-state index is 11.7. The van der Waals surface area contributed by atoms with Crippen LogP contribution in [0.5, 0.6) is 0 Å². The van der Waals surface area contributed by atoms with E-state index in [1.54, 1.807) is 0 Å². The van der Waals surface area contributed by atoms with E-state index >= 15 is 0 Å². The molecule has 1 saturated heterocycles. The molecule has 88 valence electrons. The minimum atomic E-state index is -2.91. The molecule has 0 saturated carbocycles. The number of ether oxygens (including phenoxy) is 1. The average molecular weight is 240 g/mol. The number of nitro groups is 1. The molecule has 0 aliphatic carbocycles. The Hall–Kier alpha value is -2.44. The van der Waals surface area contributed by atoms with Crippen LogP contribution < -0.4 is 0 Å². The van der Waals surface area contributed by atoms with Gasteiger partial charge in [0.2, 0.25) is 0 Å². The predicted molar refractivity (Wildman–Crippen MR) is 58.2 cm³/mol. The van der Waals surface area contributed by atoms with E-state index in [9.17, 15) is 14.9 Å². The second-order valence-electron chi connectivity index (χ2n) is 3.04. The van der Waals surface area contributed by atoms with Gasteiger partial charge in [0.05, 0.1) is 10.4 Å². The molecule has 1 aromatic rings. The zero-order valence-corrected chi connectivity index (χ0v) is 8.49. The zero-order valence-electron chi connectivity index (χ0n) is 12.5. The Morgan fingerprint density at radius 2 is 2.12 bits per heavy atom. The number of para-hydroxylation sites is 2. The van der Waals surface area contributed by atoms with Crippen LogP contribution in [0.2, 0.25) is 0 Å². The summed E-state index contributed by atoms with van der Waals surface area (Å²) in [5.41, 5.74) is -0.593. The van der Waals surface area contributed by atoms with Gasteiger partial charge in [0.1, 0.15) is 13.1 Å². The lowest BCUT2D eigenvalue weighted by atomic mass is 10.3. The van der Waals surface area contributed by atoms with E-state index < -0.39 is 29.8 Å². The Morgan fingerprint density at radius 3 is 2.65 bits per heavy atom. The fraction of sp³-hybridized carbons (Fsp3) is 0.200. The molecular formula is C10H10N3O4+. The molecular weight excluding hydrogens is 226 g/mol. The summed E-state index contributed by atoms with van der Waals surface area (Å²) in [6, 6.07) is 5.24. The maximum absolute atomic E-state index is 11.7. The Kier molecular flexibility index (Phi) is 1.73. The van der Waals surface area contributed by atoms with Crippen LogP contribution in [0.25, 0.3) is 0 Å². The molecule has 1 aliphatic rings. The van der Waals surface area contributed by atoms with Gasteiger partial charge in [-0.1, -0.05) is 21.8 Å². The van der Waals surface area contributed by atoms with Crippen molar-refractivity contribution < 1.29 is 24.6 Å². The summed E-state index contributed by atoms with van der Waals surface area (Å²) in [7, 11) is 0. The molecule has 7 heteroatoms. The summed E-state index contributed by atoms with van der Waals surface area (Å²) in [4.78, 5) is 21.9. The Morgan fingerprint density at radius 1 is 1.47 bits per heavy atom. The van der Waals surface area contributed by atoms with E-state index in [0.29, 0.717) is 4.68 Å². The smallest absolute Gasteiger partial charge is 0.444 e. The van der Waals surface area contributed by atoms with Crippen LogP contribution in [0.3, 0.4) is 0 Å². The molecule has 0 unspecified atom stereocenters. The average Bonchev–Trinajstić information content (AvgIpc) is 2.53. The van der Waals surface area contributed by atoms with Crippen molar-refractivity contribution in [3.63, 3.8) is 0 Å². The van der Waals surface area contributed by atoms with E-state index in [1.165, 1.54) is 18.2 Å². The number of cyclic esters (lactones) is 1. The standard InChI is InChI=1S/C10H10N3O4/c1-11(12-6-7-17-10(12)14)8-4-2-3-5-9(8)13(15)16/h2-5H,1,6-7H2/q+1/i6D2,7D2. The van der Waals surface area contributed by atoms with Crippen LogP contribution in [0.15, 0.2) is 24.3 Å². The highest BCUT2D eigenvalue weighted by Gasteiger charge is 2.35. The Balaban J connectivity index is 2.51. The molecule has 1 amide bonds. The van der Waals surface area contributed by atoms with Gasteiger partial charge in [-0.15, -0.1) is 0 Å². The molecule has 0 atom stereocenters. The normalized spacial score (nSPS) is 24.0. The van der Waals surface area contributed by atoms with E-state index in [0.717, 1.165) is 6.07 Å². The van der Waals surface area contributed by atoms with Crippen LogP contribution >= 0.6 is 0 Å². The first-order valence-corrected chi connectivity index (χ1v) is 4.47.